The molecule has 1 aliphatic carbocycles. The van der Waals surface area contributed by atoms with Gasteiger partial charge in [0.2, 0.25) is 0 Å². The molecule has 1 saturated heterocycles. The molecule has 3 amide bonds. The number of hydrogen-bond donors (Lipinski definition) is 3. The third-order valence-electron chi connectivity index (χ3n) is 5.68. The van der Waals surface area contributed by atoms with Gasteiger partial charge in [0.05, 0.1) is 6.07 Å². The Morgan fingerprint density at radius 1 is 1.06 bits per heavy atom. The van der Waals surface area contributed by atoms with Crippen molar-refractivity contribution in [2.75, 3.05) is 13.1 Å². The van der Waals surface area contributed by atoms with Gasteiger partial charge < -0.3 is 25.0 Å². The first-order valence-electron chi connectivity index (χ1n) is 12.3. The van der Waals surface area contributed by atoms with E-state index < -0.39 is 23.1 Å². The number of alkyl carbamates (subject to hydrolysis) is 1. The molecule has 11 heteroatoms. The Morgan fingerprint density at radius 3 is 2.14 bits per heavy atom. The summed E-state index contributed by atoms with van der Waals surface area (Å²) in [5.74, 6) is -0.458. The van der Waals surface area contributed by atoms with Crippen molar-refractivity contribution in [3.05, 3.63) is 11.8 Å². The van der Waals surface area contributed by atoms with Crippen molar-refractivity contribution < 1.29 is 23.9 Å². The van der Waals surface area contributed by atoms with Gasteiger partial charge in [-0.15, -0.1) is 0 Å². The Labute approximate surface area is 219 Å². The molecule has 3 N–H and O–H groups in total. The quantitative estimate of drug-likeness (QED) is 0.375. The van der Waals surface area contributed by atoms with Crippen molar-refractivity contribution in [1.29, 1.82) is 5.26 Å². The number of nitrogens with zero attached hydrogens (tertiary/aromatic N) is 2. The van der Waals surface area contributed by atoms with E-state index in [-0.39, 0.29) is 28.4 Å². The smallest absolute Gasteiger partial charge is 0.413 e. The molecule has 0 aromatic carbocycles. The predicted molar refractivity (Wildman–Crippen MR) is 139 cm³/mol. The summed E-state index contributed by atoms with van der Waals surface area (Å²) in [4.78, 5) is 39.2. The van der Waals surface area contributed by atoms with E-state index >= 15 is 0 Å². The Bertz CT molecular complexity index is 915. The number of amides is 3. The zero-order valence-corrected chi connectivity index (χ0v) is 23.0. The number of piperidine rings is 1. The number of ether oxygens (including phenoxy) is 2. The number of hydrogen-bond acceptors (Lipinski definition) is 7. The lowest BCUT2D eigenvalue weighted by Crippen LogP contribution is -2.50. The first-order chi connectivity index (χ1) is 16.6. The predicted octanol–water partition coefficient (Wildman–Crippen LogP) is 3.87. The van der Waals surface area contributed by atoms with Crippen molar-refractivity contribution in [3.8, 4) is 6.07 Å². The number of nitriles is 1. The molecular weight excluding hydrogens is 482 g/mol. The van der Waals surface area contributed by atoms with E-state index in [1.807, 2.05) is 41.5 Å². The van der Waals surface area contributed by atoms with Gasteiger partial charge in [-0.3, -0.25) is 10.1 Å². The van der Waals surface area contributed by atoms with Gasteiger partial charge >= 0.3 is 12.2 Å². The average Bonchev–Trinajstić information content (AvgIpc) is 3.20. The van der Waals surface area contributed by atoms with Gasteiger partial charge in [0.1, 0.15) is 22.9 Å². The molecule has 0 aromatic rings. The number of carbonyl (C=O) groups excluding carboxylic acids is 3. The highest BCUT2D eigenvalue weighted by atomic mass is 32.1. The Balaban J connectivity index is 1.89. The van der Waals surface area contributed by atoms with Crippen LogP contribution in [0, 0.1) is 16.7 Å². The van der Waals surface area contributed by atoms with E-state index in [0.29, 0.717) is 38.8 Å². The zero-order chi connectivity index (χ0) is 27.1. The molecule has 10 nitrogen and oxygen atoms in total. The second-order valence-corrected chi connectivity index (χ2v) is 11.8. The van der Waals surface area contributed by atoms with Gasteiger partial charge in [-0.25, -0.2) is 9.59 Å². The average molecular weight is 522 g/mol. The third kappa shape index (κ3) is 9.64. The van der Waals surface area contributed by atoms with Crippen molar-refractivity contribution in [1.82, 2.24) is 20.9 Å². The van der Waals surface area contributed by atoms with Crippen LogP contribution in [0.1, 0.15) is 80.1 Å². The molecule has 2 aliphatic rings. The van der Waals surface area contributed by atoms with Crippen LogP contribution < -0.4 is 16.0 Å². The van der Waals surface area contributed by atoms with Crippen LogP contribution in [0.2, 0.25) is 0 Å². The topological polar surface area (TPSA) is 133 Å². The highest BCUT2D eigenvalue weighted by molar-refractivity contribution is 7.80. The fraction of sp³-hybridized carbons (Fsp3) is 0.720. The zero-order valence-electron chi connectivity index (χ0n) is 22.2. The molecule has 0 unspecified atom stereocenters. The normalized spacial score (nSPS) is 18.6. The largest absolute Gasteiger partial charge is 0.446 e. The summed E-state index contributed by atoms with van der Waals surface area (Å²) >= 11 is 5.25. The van der Waals surface area contributed by atoms with Crippen LogP contribution >= 0.6 is 12.2 Å². The summed E-state index contributed by atoms with van der Waals surface area (Å²) in [6.07, 6.45) is 4.09. The van der Waals surface area contributed by atoms with E-state index in [2.05, 4.69) is 22.0 Å². The number of rotatable bonds is 4. The van der Waals surface area contributed by atoms with E-state index in [1.165, 1.54) is 0 Å². The van der Waals surface area contributed by atoms with Crippen LogP contribution in [-0.2, 0) is 14.3 Å². The number of nitrogens with one attached hydrogen (secondary N) is 3. The summed E-state index contributed by atoms with van der Waals surface area (Å²) < 4.78 is 10.8. The molecule has 1 aliphatic heterocycles. The van der Waals surface area contributed by atoms with Crippen LogP contribution in [0.5, 0.6) is 0 Å². The van der Waals surface area contributed by atoms with Crippen LogP contribution in [-0.4, -0.2) is 58.4 Å². The maximum Gasteiger partial charge on any atom is 0.413 e. The number of likely N-dealkylation sites (tertiary alicyclic amines) is 1. The SMILES string of the molecule is CC(C)(C)/C=C(/NC(=S)NC(=O)OC1CCN(C(=O)OC(C)(C)C)CC1)C(=O)NC1(C#N)CCCC1. The van der Waals surface area contributed by atoms with Crippen molar-refractivity contribution in [3.63, 3.8) is 0 Å². The fourth-order valence-corrected chi connectivity index (χ4v) is 4.22. The van der Waals surface area contributed by atoms with Crippen LogP contribution in [0.4, 0.5) is 9.59 Å². The molecular formula is C25H39N5O5S. The Kier molecular flexibility index (Phi) is 9.71. The molecule has 2 fully saturated rings. The maximum absolute atomic E-state index is 13.0. The summed E-state index contributed by atoms with van der Waals surface area (Å²) in [7, 11) is 0. The van der Waals surface area contributed by atoms with Crippen molar-refractivity contribution >= 4 is 35.4 Å². The van der Waals surface area contributed by atoms with E-state index in [1.54, 1.807) is 11.0 Å². The lowest BCUT2D eigenvalue weighted by atomic mass is 9.94. The number of carbonyl (C=O) groups is 3. The molecule has 0 spiro atoms. The number of allylic oxidation sites excluding steroid dienone is 1. The van der Waals surface area contributed by atoms with Gasteiger partial charge in [-0.05, 0) is 70.2 Å². The van der Waals surface area contributed by atoms with Crippen molar-refractivity contribution in [2.45, 2.75) is 97.3 Å². The molecule has 0 radical (unpaired) electrons. The second-order valence-electron chi connectivity index (χ2n) is 11.4. The Hall–Kier alpha value is -2.87. The fourth-order valence-electron chi connectivity index (χ4n) is 4.03. The van der Waals surface area contributed by atoms with Gasteiger partial charge in [-0.1, -0.05) is 20.8 Å². The lowest BCUT2D eigenvalue weighted by molar-refractivity contribution is -0.119. The van der Waals surface area contributed by atoms with Crippen LogP contribution in [0.25, 0.3) is 0 Å². The highest BCUT2D eigenvalue weighted by Gasteiger charge is 2.36. The summed E-state index contributed by atoms with van der Waals surface area (Å²) in [6, 6.07) is 2.24. The van der Waals surface area contributed by atoms with Crippen LogP contribution in [0.3, 0.4) is 0 Å². The molecule has 200 valence electrons. The van der Waals surface area contributed by atoms with E-state index in [4.69, 9.17) is 21.7 Å². The molecule has 0 atom stereocenters. The monoisotopic (exact) mass is 521 g/mol. The maximum atomic E-state index is 13.0. The number of thiocarbonyl (C=S) groups is 1. The molecule has 0 bridgehead atoms. The van der Waals surface area contributed by atoms with Gasteiger partial charge in [-0.2, -0.15) is 5.26 Å². The van der Waals surface area contributed by atoms with Gasteiger partial charge in [0.15, 0.2) is 5.11 Å². The van der Waals surface area contributed by atoms with Crippen LogP contribution in [0.15, 0.2) is 11.8 Å². The minimum absolute atomic E-state index is 0.0886. The first-order valence-corrected chi connectivity index (χ1v) is 12.8. The molecule has 0 aromatic heterocycles. The second kappa shape index (κ2) is 11.9. The minimum atomic E-state index is -0.891. The highest BCUT2D eigenvalue weighted by Crippen LogP contribution is 2.29. The van der Waals surface area contributed by atoms with Gasteiger partial charge in [0, 0.05) is 25.9 Å². The summed E-state index contributed by atoms with van der Waals surface area (Å²) in [6.45, 7) is 12.0. The molecule has 36 heavy (non-hydrogen) atoms. The summed E-state index contributed by atoms with van der Waals surface area (Å²) in [5.41, 5.74) is -1.68. The molecule has 2 rings (SSSR count). The van der Waals surface area contributed by atoms with Crippen molar-refractivity contribution in [2.24, 2.45) is 5.41 Å². The van der Waals surface area contributed by atoms with Gasteiger partial charge in [0.25, 0.3) is 5.91 Å². The minimum Gasteiger partial charge on any atom is -0.446 e. The van der Waals surface area contributed by atoms with E-state index in [0.717, 1.165) is 12.8 Å². The lowest BCUT2D eigenvalue weighted by Gasteiger charge is -2.33. The summed E-state index contributed by atoms with van der Waals surface area (Å²) in [5, 5.41) is 17.6. The van der Waals surface area contributed by atoms with E-state index in [9.17, 15) is 19.6 Å². The Morgan fingerprint density at radius 2 is 1.64 bits per heavy atom. The standard InChI is InChI=1S/C25H39N5O5S/c1-23(2,3)15-18(19(31)29-25(16-26)11-7-8-12-25)27-20(36)28-21(32)34-17-9-13-30(14-10-17)22(33)35-24(4,5)6/h15,17H,7-14H2,1-6H3,(H,29,31)(H2,27,28,32,36)/b18-15+. The first kappa shape index (κ1) is 29.4. The molecule has 1 saturated carbocycles. The third-order valence-corrected chi connectivity index (χ3v) is 5.88. The molecule has 1 heterocycles.